The van der Waals surface area contributed by atoms with Gasteiger partial charge in [-0.15, -0.1) is 0 Å². The van der Waals surface area contributed by atoms with Gasteiger partial charge in [0.1, 0.15) is 29.1 Å². The van der Waals surface area contributed by atoms with Crippen LogP contribution in [-0.2, 0) is 9.47 Å². The smallest absolute Gasteiger partial charge is 0.410 e. The van der Waals surface area contributed by atoms with E-state index in [9.17, 15) is 4.79 Å². The van der Waals surface area contributed by atoms with Crippen LogP contribution >= 0.6 is 0 Å². The molecular weight excluding hydrogens is 504 g/mol. The first-order chi connectivity index (χ1) is 19.3. The van der Waals surface area contributed by atoms with Crippen LogP contribution in [0.15, 0.2) is 42.9 Å². The van der Waals surface area contributed by atoms with Gasteiger partial charge in [-0.25, -0.2) is 14.8 Å². The highest BCUT2D eigenvalue weighted by Gasteiger charge is 2.34. The molecule has 206 valence electrons. The Bertz CT molecular complexity index is 1640. The maximum absolute atomic E-state index is 12.9. The van der Waals surface area contributed by atoms with Crippen molar-refractivity contribution in [2.45, 2.75) is 51.7 Å². The number of amides is 1. The van der Waals surface area contributed by atoms with Crippen LogP contribution in [0.5, 0.6) is 0 Å². The number of carbonyl (C=O) groups is 1. The SMILES string of the molecule is CC(C)(C)OC(=O)N1CC[C@@H](n2c(C#CC3CCOCC3)c(-c3cnc4ccccc4c3)c3c(N)ncnc32)C1. The summed E-state index contributed by atoms with van der Waals surface area (Å²) in [5, 5.41) is 1.78. The molecule has 0 spiro atoms. The van der Waals surface area contributed by atoms with Gasteiger partial charge >= 0.3 is 6.09 Å². The average Bonchev–Trinajstić information content (AvgIpc) is 3.55. The van der Waals surface area contributed by atoms with Crippen molar-refractivity contribution in [2.75, 3.05) is 32.0 Å². The first-order valence-corrected chi connectivity index (χ1v) is 13.9. The molecule has 0 radical (unpaired) electrons. The monoisotopic (exact) mass is 538 g/mol. The van der Waals surface area contributed by atoms with Crippen LogP contribution in [0.1, 0.15) is 51.8 Å². The molecule has 6 rings (SSSR count). The summed E-state index contributed by atoms with van der Waals surface area (Å²) in [6, 6.07) is 10.1. The van der Waals surface area contributed by atoms with Crippen molar-refractivity contribution >= 4 is 33.8 Å². The Morgan fingerprint density at radius 1 is 1.12 bits per heavy atom. The predicted molar refractivity (Wildman–Crippen MR) is 155 cm³/mol. The van der Waals surface area contributed by atoms with Crippen molar-refractivity contribution in [1.82, 2.24) is 24.4 Å². The van der Waals surface area contributed by atoms with Crippen molar-refractivity contribution < 1.29 is 14.3 Å². The van der Waals surface area contributed by atoms with E-state index in [1.165, 1.54) is 6.33 Å². The number of aromatic nitrogens is 4. The molecular formula is C31H34N6O3. The van der Waals surface area contributed by atoms with Gasteiger partial charge in [-0.3, -0.25) is 4.98 Å². The Morgan fingerprint density at radius 2 is 1.93 bits per heavy atom. The third-order valence-corrected chi connectivity index (χ3v) is 7.49. The minimum absolute atomic E-state index is 0.0505. The lowest BCUT2D eigenvalue weighted by Crippen LogP contribution is -2.35. The molecule has 40 heavy (non-hydrogen) atoms. The topological polar surface area (TPSA) is 108 Å². The molecule has 5 heterocycles. The van der Waals surface area contributed by atoms with Crippen LogP contribution in [0.4, 0.5) is 10.6 Å². The number of carbonyl (C=O) groups excluding carboxylic acids is 1. The first-order valence-electron chi connectivity index (χ1n) is 13.9. The van der Waals surface area contributed by atoms with Gasteiger partial charge in [-0.05, 0) is 58.1 Å². The average molecular weight is 539 g/mol. The lowest BCUT2D eigenvalue weighted by molar-refractivity contribution is 0.0289. The molecule has 2 aliphatic rings. The van der Waals surface area contributed by atoms with Crippen molar-refractivity contribution in [1.29, 1.82) is 0 Å². The normalized spacial score (nSPS) is 18.2. The summed E-state index contributed by atoms with van der Waals surface area (Å²) in [6.07, 6.45) is 5.60. The molecule has 1 atom stereocenters. The maximum Gasteiger partial charge on any atom is 0.410 e. The molecule has 2 aliphatic heterocycles. The number of anilines is 1. The van der Waals surface area contributed by atoms with Crippen molar-refractivity contribution in [3.05, 3.63) is 48.5 Å². The Labute approximate surface area is 233 Å². The van der Waals surface area contributed by atoms with Gasteiger partial charge in [-0.2, -0.15) is 0 Å². The van der Waals surface area contributed by atoms with E-state index in [0.717, 1.165) is 65.6 Å². The summed E-state index contributed by atoms with van der Waals surface area (Å²) in [7, 11) is 0. The second kappa shape index (κ2) is 10.4. The summed E-state index contributed by atoms with van der Waals surface area (Å²) in [4.78, 5) is 28.5. The lowest BCUT2D eigenvalue weighted by Gasteiger charge is -2.24. The highest BCUT2D eigenvalue weighted by Crippen LogP contribution is 2.40. The quantitative estimate of drug-likeness (QED) is 0.350. The van der Waals surface area contributed by atoms with Gasteiger partial charge in [-0.1, -0.05) is 24.1 Å². The standard InChI is InChI=1S/C31H34N6O3/c1-31(2,3)40-30(38)36-13-10-23(18-36)37-25(9-8-20-11-14-39-15-12-20)26(27-28(32)34-19-35-29(27)37)22-16-21-6-4-5-7-24(21)33-17-22/h4-7,16-17,19-20,23H,10-15,18H2,1-3H3,(H2,32,34,35)/t23-/m1/s1. The molecule has 1 aromatic carbocycles. The van der Waals surface area contributed by atoms with Crippen LogP contribution in [0.25, 0.3) is 33.1 Å². The number of nitrogens with zero attached hydrogens (tertiary/aromatic N) is 5. The fourth-order valence-corrected chi connectivity index (χ4v) is 5.58. The maximum atomic E-state index is 12.9. The van der Waals surface area contributed by atoms with Gasteiger partial charge in [0.2, 0.25) is 0 Å². The molecule has 3 aromatic heterocycles. The molecule has 2 N–H and O–H groups in total. The minimum Gasteiger partial charge on any atom is -0.444 e. The number of likely N-dealkylation sites (tertiary alicyclic amines) is 1. The number of para-hydroxylation sites is 1. The number of hydrogen-bond donors (Lipinski definition) is 1. The minimum atomic E-state index is -0.562. The molecule has 0 saturated carbocycles. The highest BCUT2D eigenvalue weighted by atomic mass is 16.6. The molecule has 0 unspecified atom stereocenters. The second-order valence-corrected chi connectivity index (χ2v) is 11.5. The second-order valence-electron chi connectivity index (χ2n) is 11.5. The highest BCUT2D eigenvalue weighted by molar-refractivity contribution is 6.04. The predicted octanol–water partition coefficient (Wildman–Crippen LogP) is 5.19. The Morgan fingerprint density at radius 3 is 2.73 bits per heavy atom. The number of pyridine rings is 1. The summed E-state index contributed by atoms with van der Waals surface area (Å²) >= 11 is 0. The van der Waals surface area contributed by atoms with E-state index in [4.69, 9.17) is 25.2 Å². The molecule has 0 aliphatic carbocycles. The number of fused-ring (bicyclic) bond motifs is 2. The Kier molecular flexibility index (Phi) is 6.80. The largest absolute Gasteiger partial charge is 0.444 e. The molecule has 2 fully saturated rings. The number of hydrogen-bond acceptors (Lipinski definition) is 7. The fraction of sp³-hybridized carbons (Fsp3) is 0.419. The summed E-state index contributed by atoms with van der Waals surface area (Å²) in [5.74, 6) is 7.71. The van der Waals surface area contributed by atoms with Crippen molar-refractivity contribution in [3.8, 4) is 23.0 Å². The number of benzene rings is 1. The van der Waals surface area contributed by atoms with Gasteiger partial charge in [0, 0.05) is 54.9 Å². The van der Waals surface area contributed by atoms with Gasteiger partial charge in [0.05, 0.1) is 16.9 Å². The lowest BCUT2D eigenvalue weighted by atomic mass is 9.99. The van der Waals surface area contributed by atoms with Crippen LogP contribution in [-0.4, -0.2) is 62.4 Å². The zero-order valence-electron chi connectivity index (χ0n) is 23.2. The number of ether oxygens (including phenoxy) is 2. The van der Waals surface area contributed by atoms with E-state index in [-0.39, 0.29) is 18.1 Å². The summed E-state index contributed by atoms with van der Waals surface area (Å²) < 4.78 is 13.4. The molecule has 9 nitrogen and oxygen atoms in total. The molecule has 0 bridgehead atoms. The molecule has 4 aromatic rings. The number of nitrogens with two attached hydrogens (primary N) is 1. The van der Waals surface area contributed by atoms with E-state index in [1.54, 1.807) is 4.90 Å². The fourth-order valence-electron chi connectivity index (χ4n) is 5.58. The number of rotatable bonds is 2. The summed E-state index contributed by atoms with van der Waals surface area (Å²) in [5.41, 5.74) is 10.2. The molecule has 1 amide bonds. The van der Waals surface area contributed by atoms with E-state index in [1.807, 2.05) is 51.2 Å². The van der Waals surface area contributed by atoms with Gasteiger partial charge in [0.15, 0.2) is 0 Å². The van der Waals surface area contributed by atoms with Gasteiger partial charge < -0.3 is 24.7 Å². The molecule has 2 saturated heterocycles. The first kappa shape index (κ1) is 26.1. The van der Waals surface area contributed by atoms with Crippen LogP contribution < -0.4 is 5.73 Å². The Hall–Kier alpha value is -4.16. The van der Waals surface area contributed by atoms with E-state index < -0.39 is 5.60 Å². The zero-order valence-corrected chi connectivity index (χ0v) is 23.2. The molecule has 9 heteroatoms. The van der Waals surface area contributed by atoms with Crippen LogP contribution in [0, 0.1) is 17.8 Å². The Balaban J connectivity index is 1.52. The zero-order chi connectivity index (χ0) is 27.9. The van der Waals surface area contributed by atoms with Crippen molar-refractivity contribution in [2.24, 2.45) is 5.92 Å². The van der Waals surface area contributed by atoms with E-state index in [2.05, 4.69) is 27.5 Å². The van der Waals surface area contributed by atoms with Crippen molar-refractivity contribution in [3.63, 3.8) is 0 Å². The van der Waals surface area contributed by atoms with Gasteiger partial charge in [0.25, 0.3) is 0 Å². The third kappa shape index (κ3) is 5.07. The van der Waals surface area contributed by atoms with Crippen LogP contribution in [0.2, 0.25) is 0 Å². The third-order valence-electron chi connectivity index (χ3n) is 7.49. The van der Waals surface area contributed by atoms with E-state index in [0.29, 0.717) is 24.6 Å². The summed E-state index contributed by atoms with van der Waals surface area (Å²) in [6.45, 7) is 8.15. The van der Waals surface area contributed by atoms with Crippen LogP contribution in [0.3, 0.4) is 0 Å². The number of nitrogen functional groups attached to an aromatic ring is 1. The van der Waals surface area contributed by atoms with E-state index >= 15 is 0 Å².